The third-order valence-electron chi connectivity index (χ3n) is 6.61. The molecule has 0 radical (unpaired) electrons. The number of nitrogens with one attached hydrogen (secondary N) is 1. The van der Waals surface area contributed by atoms with Crippen LogP contribution in [-0.4, -0.2) is 19.2 Å². The van der Waals surface area contributed by atoms with E-state index in [9.17, 15) is 14.7 Å². The molecule has 7 nitrogen and oxygen atoms in total. The largest absolute Gasteiger partial charge is 0.455 e. The van der Waals surface area contributed by atoms with Crippen LogP contribution in [0.15, 0.2) is 70.5 Å². The summed E-state index contributed by atoms with van der Waals surface area (Å²) in [4.78, 5) is 28.8. The van der Waals surface area contributed by atoms with Gasteiger partial charge in [0.05, 0.1) is 12.8 Å². The number of benzene rings is 2. The first-order chi connectivity index (χ1) is 17.7. The van der Waals surface area contributed by atoms with Gasteiger partial charge in [-0.05, 0) is 37.1 Å². The van der Waals surface area contributed by atoms with Gasteiger partial charge in [0, 0.05) is 59.7 Å². The topological polar surface area (TPSA) is 89.2 Å². The molecule has 5 aromatic rings. The Kier molecular flexibility index (Phi) is 6.05. The average Bonchev–Trinajstić information content (AvgIpc) is 3.31. The van der Waals surface area contributed by atoms with Crippen LogP contribution in [0.1, 0.15) is 16.7 Å². The summed E-state index contributed by atoms with van der Waals surface area (Å²) in [5, 5.41) is 10.0. The molecular weight excluding hydrogens is 473 g/mol. The van der Waals surface area contributed by atoms with Crippen molar-refractivity contribution in [2.75, 3.05) is 0 Å². The van der Waals surface area contributed by atoms with E-state index in [1.807, 2.05) is 32.0 Å². The molecule has 3 aromatic heterocycles. The number of hydrogen-bond acceptors (Lipinski definition) is 4. The molecule has 8 heteroatoms. The molecule has 0 amide bonds. The number of pyridine rings is 2. The van der Waals surface area contributed by atoms with Crippen molar-refractivity contribution in [3.8, 4) is 33.9 Å². The summed E-state index contributed by atoms with van der Waals surface area (Å²) in [6.07, 6.45) is 3.27. The lowest BCUT2D eigenvalue weighted by atomic mass is 10.0. The van der Waals surface area contributed by atoms with Gasteiger partial charge >= 0.3 is 0 Å². The molecule has 0 unspecified atom stereocenters. The van der Waals surface area contributed by atoms with Crippen molar-refractivity contribution in [3.05, 3.63) is 104 Å². The van der Waals surface area contributed by atoms with Gasteiger partial charge in [0.15, 0.2) is 5.75 Å². The van der Waals surface area contributed by atoms with Crippen LogP contribution < -0.4 is 15.9 Å². The van der Waals surface area contributed by atoms with Crippen molar-refractivity contribution in [1.82, 2.24) is 14.1 Å². The summed E-state index contributed by atoms with van der Waals surface area (Å²) in [6.45, 7) is 3.45. The Hall–Kier alpha value is -4.43. The zero-order valence-corrected chi connectivity index (χ0v) is 20.9. The molecule has 0 fully saturated rings. The Morgan fingerprint density at radius 1 is 0.919 bits per heavy atom. The maximum absolute atomic E-state index is 15.0. The Labute approximate surface area is 212 Å². The average molecular weight is 500 g/mol. The summed E-state index contributed by atoms with van der Waals surface area (Å²) in [5.74, 6) is 0.555. The molecule has 0 aliphatic carbocycles. The van der Waals surface area contributed by atoms with E-state index < -0.39 is 12.4 Å². The number of aliphatic hydroxyl groups excluding tert-OH is 1. The van der Waals surface area contributed by atoms with Gasteiger partial charge < -0.3 is 24.0 Å². The van der Waals surface area contributed by atoms with Crippen LogP contribution in [0.3, 0.4) is 0 Å². The number of fused-ring (bicyclic) bond motifs is 1. The number of aromatic nitrogens is 3. The standard InChI is InChI=1S/C29H26FN3O4/c1-16-7-5-8-17(2)28(16)37-24-14-32(3)25(35)12-20(24)22-13-33(4)29(36)27-21(22)11-23(31-27)19-10-6-9-18(15-34)26(19)30/h5-14,31,34H,15H2,1-4H3. The van der Waals surface area contributed by atoms with Crippen LogP contribution in [0.5, 0.6) is 11.5 Å². The van der Waals surface area contributed by atoms with Crippen molar-refractivity contribution < 1.29 is 14.2 Å². The number of nitrogens with zero attached hydrogens (tertiary/aromatic N) is 2. The Morgan fingerprint density at radius 2 is 1.62 bits per heavy atom. The van der Waals surface area contributed by atoms with E-state index in [1.54, 1.807) is 44.7 Å². The van der Waals surface area contributed by atoms with Crippen LogP contribution in [0, 0.1) is 19.7 Å². The summed E-state index contributed by atoms with van der Waals surface area (Å²) in [5.41, 5.74) is 3.44. The van der Waals surface area contributed by atoms with Crippen molar-refractivity contribution in [2.45, 2.75) is 20.5 Å². The lowest BCUT2D eigenvalue weighted by Gasteiger charge is -2.17. The molecule has 0 spiro atoms. The van der Waals surface area contributed by atoms with E-state index in [4.69, 9.17) is 4.74 Å². The zero-order valence-electron chi connectivity index (χ0n) is 20.9. The molecule has 0 saturated carbocycles. The minimum absolute atomic E-state index is 0.153. The van der Waals surface area contributed by atoms with Crippen molar-refractivity contribution in [1.29, 1.82) is 0 Å². The fourth-order valence-electron chi connectivity index (χ4n) is 4.57. The third-order valence-corrected chi connectivity index (χ3v) is 6.61. The van der Waals surface area contributed by atoms with Crippen molar-refractivity contribution >= 4 is 10.9 Å². The monoisotopic (exact) mass is 499 g/mol. The second kappa shape index (κ2) is 9.22. The van der Waals surface area contributed by atoms with E-state index >= 15 is 4.39 Å². The van der Waals surface area contributed by atoms with E-state index in [0.717, 1.165) is 11.1 Å². The predicted molar refractivity (Wildman–Crippen MR) is 142 cm³/mol. The number of aryl methyl sites for hydroxylation is 4. The highest BCUT2D eigenvalue weighted by atomic mass is 19.1. The minimum atomic E-state index is -0.567. The van der Waals surface area contributed by atoms with Gasteiger partial charge in [0.1, 0.15) is 17.1 Å². The number of rotatable bonds is 5. The number of aliphatic hydroxyl groups is 1. The molecule has 0 aliphatic rings. The van der Waals surface area contributed by atoms with Gasteiger partial charge in [-0.15, -0.1) is 0 Å². The summed E-state index contributed by atoms with van der Waals surface area (Å²) < 4.78 is 24.3. The normalized spacial score (nSPS) is 11.3. The molecule has 0 atom stereocenters. The Balaban J connectivity index is 1.78. The number of hydrogen-bond donors (Lipinski definition) is 2. The van der Waals surface area contributed by atoms with E-state index in [1.165, 1.54) is 21.3 Å². The fourth-order valence-corrected chi connectivity index (χ4v) is 4.57. The number of aromatic amines is 1. The lowest BCUT2D eigenvalue weighted by molar-refractivity contribution is 0.276. The molecule has 0 saturated heterocycles. The van der Waals surface area contributed by atoms with Crippen LogP contribution in [0.4, 0.5) is 4.39 Å². The van der Waals surface area contributed by atoms with Gasteiger partial charge in [-0.2, -0.15) is 0 Å². The molecule has 188 valence electrons. The maximum atomic E-state index is 15.0. The molecule has 0 bridgehead atoms. The van der Waals surface area contributed by atoms with Crippen molar-refractivity contribution in [3.63, 3.8) is 0 Å². The second-order valence-electron chi connectivity index (χ2n) is 9.19. The molecule has 37 heavy (non-hydrogen) atoms. The van der Waals surface area contributed by atoms with Crippen LogP contribution in [0.2, 0.25) is 0 Å². The highest BCUT2D eigenvalue weighted by Gasteiger charge is 2.20. The minimum Gasteiger partial charge on any atom is -0.455 e. The zero-order chi connectivity index (χ0) is 26.4. The number of ether oxygens (including phenoxy) is 1. The number of para-hydroxylation sites is 1. The molecular formula is C29H26FN3O4. The first kappa shape index (κ1) is 24.3. The first-order valence-corrected chi connectivity index (χ1v) is 11.8. The van der Waals surface area contributed by atoms with Gasteiger partial charge in [-0.3, -0.25) is 9.59 Å². The van der Waals surface area contributed by atoms with E-state index in [2.05, 4.69) is 4.98 Å². The Bertz CT molecular complexity index is 1780. The Morgan fingerprint density at radius 3 is 2.32 bits per heavy atom. The second-order valence-corrected chi connectivity index (χ2v) is 9.19. The maximum Gasteiger partial charge on any atom is 0.274 e. The molecule has 0 aliphatic heterocycles. The number of H-pyrrole nitrogens is 1. The molecule has 5 rings (SSSR count). The fraction of sp³-hybridized carbons (Fsp3) is 0.172. The van der Waals surface area contributed by atoms with Gasteiger partial charge in [0.2, 0.25) is 0 Å². The van der Waals surface area contributed by atoms with Crippen molar-refractivity contribution in [2.24, 2.45) is 14.1 Å². The predicted octanol–water partition coefficient (Wildman–Crippen LogP) is 4.94. The number of halogens is 1. The van der Waals surface area contributed by atoms with E-state index in [0.29, 0.717) is 33.7 Å². The van der Waals surface area contributed by atoms with Crippen LogP contribution in [0.25, 0.3) is 33.3 Å². The molecule has 2 aromatic carbocycles. The van der Waals surface area contributed by atoms with Crippen LogP contribution in [-0.2, 0) is 20.7 Å². The van der Waals surface area contributed by atoms with Gasteiger partial charge in [0.25, 0.3) is 11.1 Å². The highest BCUT2D eigenvalue weighted by molar-refractivity contribution is 5.98. The molecule has 2 N–H and O–H groups in total. The first-order valence-electron chi connectivity index (χ1n) is 11.8. The van der Waals surface area contributed by atoms with Gasteiger partial charge in [-0.25, -0.2) is 4.39 Å². The third kappa shape index (κ3) is 4.15. The summed E-state index contributed by atoms with van der Waals surface area (Å²) in [7, 11) is 3.26. The van der Waals surface area contributed by atoms with Gasteiger partial charge in [-0.1, -0.05) is 30.3 Å². The highest BCUT2D eigenvalue weighted by Crippen LogP contribution is 2.38. The van der Waals surface area contributed by atoms with E-state index in [-0.39, 0.29) is 27.8 Å². The smallest absolute Gasteiger partial charge is 0.274 e. The quantitative estimate of drug-likeness (QED) is 0.359. The summed E-state index contributed by atoms with van der Waals surface area (Å²) in [6, 6.07) is 13.7. The molecule has 3 heterocycles. The lowest BCUT2D eigenvalue weighted by Crippen LogP contribution is -2.18. The van der Waals surface area contributed by atoms with Crippen LogP contribution >= 0.6 is 0 Å². The summed E-state index contributed by atoms with van der Waals surface area (Å²) >= 11 is 0. The SMILES string of the molecule is Cc1cccc(C)c1Oc1cn(C)c(=O)cc1-c1cn(C)c(=O)c2[nH]c(-c3cccc(CO)c3F)cc12.